The van der Waals surface area contributed by atoms with Crippen LogP contribution in [0.5, 0.6) is 0 Å². The second kappa shape index (κ2) is 9.05. The summed E-state index contributed by atoms with van der Waals surface area (Å²) in [5.74, 6) is 0.731. The molecule has 0 atom stereocenters. The van der Waals surface area contributed by atoms with Gasteiger partial charge in [0.05, 0.1) is 12.0 Å². The molecule has 1 aromatic carbocycles. The maximum absolute atomic E-state index is 5.77. The number of hydrogen-bond donors (Lipinski definition) is 0. The number of allylic oxidation sites excluding steroid dienone is 1. The monoisotopic (exact) mass is 238 g/mol. The third kappa shape index (κ3) is 6.31. The fraction of sp³-hybridized carbons (Fsp3) is 0.286. The lowest BCUT2D eigenvalue weighted by Gasteiger charge is -2.04. The normalized spacial score (nSPS) is 8.69. The van der Waals surface area contributed by atoms with Crippen molar-refractivity contribution in [3.05, 3.63) is 60.0 Å². The third-order valence-corrected chi connectivity index (χ3v) is 2.11. The molecule has 1 nitrogen and oxygen atoms in total. The Morgan fingerprint density at radius 2 is 1.88 bits per heavy atom. The lowest BCUT2D eigenvalue weighted by Crippen LogP contribution is -1.89. The van der Waals surface area contributed by atoms with Gasteiger partial charge < -0.3 is 4.74 Å². The third-order valence-electron chi connectivity index (χ3n) is 1.86. The first-order valence-electron chi connectivity index (χ1n) is 5.42. The van der Waals surface area contributed by atoms with E-state index in [1.54, 1.807) is 0 Å². The van der Waals surface area contributed by atoms with Crippen molar-refractivity contribution in [2.45, 2.75) is 26.7 Å². The topological polar surface area (TPSA) is 9.23 Å². The first-order chi connectivity index (χ1) is 7.72. The van der Waals surface area contributed by atoms with E-state index >= 15 is 0 Å². The van der Waals surface area contributed by atoms with Crippen LogP contribution >= 0.6 is 11.6 Å². The zero-order valence-corrected chi connectivity index (χ0v) is 10.8. The number of ether oxygens (including phenoxy) is 1. The van der Waals surface area contributed by atoms with Crippen molar-refractivity contribution in [1.29, 1.82) is 0 Å². The van der Waals surface area contributed by atoms with E-state index in [1.165, 1.54) is 11.8 Å². The zero-order valence-electron chi connectivity index (χ0n) is 10.0. The van der Waals surface area contributed by atoms with Gasteiger partial charge in [-0.05, 0) is 24.1 Å². The Kier molecular flexibility index (Phi) is 8.36. The molecule has 0 heterocycles. The molecule has 0 aliphatic rings. The Labute approximate surface area is 103 Å². The average molecular weight is 239 g/mol. The van der Waals surface area contributed by atoms with Crippen molar-refractivity contribution in [2.24, 2.45) is 0 Å². The Bertz CT molecular complexity index is 314. The van der Waals surface area contributed by atoms with Crippen LogP contribution in [0.2, 0.25) is 5.02 Å². The highest BCUT2D eigenvalue weighted by molar-refractivity contribution is 6.30. The highest BCUT2D eigenvalue weighted by Crippen LogP contribution is 2.13. The van der Waals surface area contributed by atoms with Crippen LogP contribution in [0.1, 0.15) is 25.8 Å². The molecule has 1 aromatic rings. The summed E-state index contributed by atoms with van der Waals surface area (Å²) >= 11 is 5.77. The first-order valence-corrected chi connectivity index (χ1v) is 5.80. The van der Waals surface area contributed by atoms with E-state index in [9.17, 15) is 0 Å². The lowest BCUT2D eigenvalue weighted by molar-refractivity contribution is 0.337. The van der Waals surface area contributed by atoms with E-state index in [0.717, 1.165) is 23.6 Å². The van der Waals surface area contributed by atoms with Gasteiger partial charge in [0.1, 0.15) is 0 Å². The molecule has 88 valence electrons. The first kappa shape index (κ1) is 14.8. The Morgan fingerprint density at radius 1 is 1.31 bits per heavy atom. The molecule has 16 heavy (non-hydrogen) atoms. The van der Waals surface area contributed by atoms with Crippen molar-refractivity contribution < 1.29 is 4.74 Å². The number of hydrogen-bond acceptors (Lipinski definition) is 1. The van der Waals surface area contributed by atoms with Gasteiger partial charge in [-0.3, -0.25) is 0 Å². The summed E-state index contributed by atoms with van der Waals surface area (Å²) in [6.45, 7) is 11.2. The van der Waals surface area contributed by atoms with Crippen molar-refractivity contribution in [2.75, 3.05) is 0 Å². The van der Waals surface area contributed by atoms with E-state index in [0.29, 0.717) is 0 Å². The zero-order chi connectivity index (χ0) is 12.4. The standard InChI is InChI=1S/C12H13ClO.C2H6/c1-3-14-10(2)4-5-11-6-8-12(13)9-7-11;1-2/h3,6-9H,1-2,4-5H2;1-2H3. The molecule has 2 heteroatoms. The number of benzene rings is 1. The minimum Gasteiger partial charge on any atom is -0.471 e. The van der Waals surface area contributed by atoms with Crippen molar-refractivity contribution in [1.82, 2.24) is 0 Å². The van der Waals surface area contributed by atoms with Crippen molar-refractivity contribution >= 4 is 11.6 Å². The SMILES string of the molecule is C=COC(=C)CCc1ccc(Cl)cc1.CC. The van der Waals surface area contributed by atoms with E-state index in [2.05, 4.69) is 13.2 Å². The van der Waals surface area contributed by atoms with Gasteiger partial charge in [0.25, 0.3) is 0 Å². The van der Waals surface area contributed by atoms with Crippen LogP contribution in [0.4, 0.5) is 0 Å². The molecule has 0 aliphatic carbocycles. The molecular weight excluding hydrogens is 220 g/mol. The molecule has 0 fully saturated rings. The molecule has 0 spiro atoms. The minimum atomic E-state index is 0.731. The summed E-state index contributed by atoms with van der Waals surface area (Å²) in [5, 5.41) is 0.759. The predicted octanol–water partition coefficient (Wildman–Crippen LogP) is 4.97. The minimum absolute atomic E-state index is 0.731. The average Bonchev–Trinajstić information content (AvgIpc) is 2.31. The summed E-state index contributed by atoms with van der Waals surface area (Å²) in [6, 6.07) is 7.77. The summed E-state index contributed by atoms with van der Waals surface area (Å²) in [4.78, 5) is 0. The van der Waals surface area contributed by atoms with Crippen LogP contribution in [0.15, 0.2) is 49.4 Å². The Morgan fingerprint density at radius 3 is 2.38 bits per heavy atom. The fourth-order valence-electron chi connectivity index (χ4n) is 1.11. The molecule has 0 amide bonds. The molecule has 1 rings (SSSR count). The fourth-order valence-corrected chi connectivity index (χ4v) is 1.24. The summed E-state index contributed by atoms with van der Waals surface area (Å²) in [5.41, 5.74) is 1.23. The molecular formula is C14H19ClO. The van der Waals surface area contributed by atoms with E-state index in [4.69, 9.17) is 16.3 Å². The molecule has 0 aliphatic heterocycles. The Balaban J connectivity index is 0.00000106. The van der Waals surface area contributed by atoms with Gasteiger partial charge in [0.15, 0.2) is 0 Å². The second-order valence-electron chi connectivity index (χ2n) is 2.95. The molecule has 0 unspecified atom stereocenters. The van der Waals surface area contributed by atoms with Crippen LogP contribution in [-0.2, 0) is 11.2 Å². The van der Waals surface area contributed by atoms with Gasteiger partial charge in [-0.1, -0.05) is 50.7 Å². The molecule has 0 radical (unpaired) electrons. The summed E-state index contributed by atoms with van der Waals surface area (Å²) < 4.78 is 5.03. The van der Waals surface area contributed by atoms with Gasteiger partial charge in [0, 0.05) is 11.4 Å². The van der Waals surface area contributed by atoms with Crippen LogP contribution in [0.3, 0.4) is 0 Å². The molecule has 0 aromatic heterocycles. The smallest absolute Gasteiger partial charge is 0.0963 e. The van der Waals surface area contributed by atoms with Gasteiger partial charge in [-0.2, -0.15) is 0 Å². The highest BCUT2D eigenvalue weighted by Gasteiger charge is 1.96. The van der Waals surface area contributed by atoms with Crippen LogP contribution < -0.4 is 0 Å². The van der Waals surface area contributed by atoms with Gasteiger partial charge in [-0.25, -0.2) is 0 Å². The van der Waals surface area contributed by atoms with E-state index in [1.807, 2.05) is 38.1 Å². The van der Waals surface area contributed by atoms with Gasteiger partial charge >= 0.3 is 0 Å². The second-order valence-corrected chi connectivity index (χ2v) is 3.39. The van der Waals surface area contributed by atoms with Gasteiger partial charge in [-0.15, -0.1) is 0 Å². The van der Waals surface area contributed by atoms with Crippen molar-refractivity contribution in [3.8, 4) is 0 Å². The maximum Gasteiger partial charge on any atom is 0.0963 e. The molecule has 0 saturated carbocycles. The number of rotatable bonds is 5. The lowest BCUT2D eigenvalue weighted by atomic mass is 10.1. The van der Waals surface area contributed by atoms with Crippen LogP contribution in [0, 0.1) is 0 Å². The van der Waals surface area contributed by atoms with Crippen molar-refractivity contribution in [3.63, 3.8) is 0 Å². The number of aryl methyl sites for hydroxylation is 1. The highest BCUT2D eigenvalue weighted by atomic mass is 35.5. The molecule has 0 bridgehead atoms. The maximum atomic E-state index is 5.77. The van der Waals surface area contributed by atoms with Gasteiger partial charge in [0.2, 0.25) is 0 Å². The quantitative estimate of drug-likeness (QED) is 0.658. The summed E-state index contributed by atoms with van der Waals surface area (Å²) in [6.07, 6.45) is 3.10. The summed E-state index contributed by atoms with van der Waals surface area (Å²) in [7, 11) is 0. The largest absolute Gasteiger partial charge is 0.471 e. The van der Waals surface area contributed by atoms with E-state index in [-0.39, 0.29) is 0 Å². The molecule has 0 N–H and O–H groups in total. The van der Waals surface area contributed by atoms with Crippen LogP contribution in [-0.4, -0.2) is 0 Å². The predicted molar refractivity (Wildman–Crippen MR) is 71.5 cm³/mol. The van der Waals surface area contributed by atoms with Crippen LogP contribution in [0.25, 0.3) is 0 Å². The molecule has 0 saturated heterocycles. The Hall–Kier alpha value is -1.21. The van der Waals surface area contributed by atoms with E-state index < -0.39 is 0 Å². The number of halogens is 1.